The van der Waals surface area contributed by atoms with E-state index in [9.17, 15) is 0 Å². The van der Waals surface area contributed by atoms with Crippen LogP contribution in [-0.4, -0.2) is 9.97 Å². The first-order valence-electron chi connectivity index (χ1n) is 7.31. The summed E-state index contributed by atoms with van der Waals surface area (Å²) in [6.07, 6.45) is 0. The van der Waals surface area contributed by atoms with Crippen molar-refractivity contribution in [1.82, 2.24) is 9.97 Å². The van der Waals surface area contributed by atoms with Gasteiger partial charge < -0.3 is 10.6 Å². The van der Waals surface area contributed by atoms with Crippen LogP contribution in [0.4, 0.5) is 23.0 Å². The fraction of sp³-hybridized carbons (Fsp3) is 0.111. The number of benzene rings is 2. The van der Waals surface area contributed by atoms with Crippen LogP contribution in [0.15, 0.2) is 54.6 Å². The predicted molar refractivity (Wildman–Crippen MR) is 96.0 cm³/mol. The quantitative estimate of drug-likeness (QED) is 0.689. The Hall–Kier alpha value is -2.59. The lowest BCUT2D eigenvalue weighted by molar-refractivity contribution is 1.06. The molecule has 0 atom stereocenters. The minimum atomic E-state index is 0.680. The summed E-state index contributed by atoms with van der Waals surface area (Å²) in [5, 5.41) is 7.26. The normalized spacial score (nSPS) is 10.4. The molecule has 0 amide bonds. The molecule has 0 aliphatic heterocycles. The van der Waals surface area contributed by atoms with Crippen molar-refractivity contribution >= 4 is 34.6 Å². The van der Waals surface area contributed by atoms with Crippen LogP contribution in [0.3, 0.4) is 0 Å². The minimum absolute atomic E-state index is 0.680. The van der Waals surface area contributed by atoms with Crippen molar-refractivity contribution in [3.63, 3.8) is 0 Å². The number of hydrogen-bond donors (Lipinski definition) is 2. The second-order valence-corrected chi connectivity index (χ2v) is 5.70. The van der Waals surface area contributed by atoms with Crippen LogP contribution in [0.2, 0.25) is 5.02 Å². The summed E-state index contributed by atoms with van der Waals surface area (Å²) in [7, 11) is 0. The second kappa shape index (κ2) is 6.67. The van der Waals surface area contributed by atoms with Gasteiger partial charge in [0.1, 0.15) is 17.5 Å². The molecule has 0 bridgehead atoms. The molecule has 3 rings (SSSR count). The molecule has 2 aromatic carbocycles. The number of hydrogen-bond acceptors (Lipinski definition) is 4. The highest BCUT2D eigenvalue weighted by Gasteiger charge is 2.05. The van der Waals surface area contributed by atoms with Gasteiger partial charge in [0.25, 0.3) is 0 Å². The van der Waals surface area contributed by atoms with Gasteiger partial charge in [-0.05, 0) is 43.7 Å². The fourth-order valence-corrected chi connectivity index (χ4v) is 2.45. The molecule has 3 aromatic rings. The third-order valence-corrected chi connectivity index (χ3v) is 3.58. The van der Waals surface area contributed by atoms with E-state index in [0.29, 0.717) is 10.8 Å². The summed E-state index contributed by atoms with van der Waals surface area (Å²) in [4.78, 5) is 8.86. The van der Waals surface area contributed by atoms with Gasteiger partial charge in [0.15, 0.2) is 0 Å². The molecule has 0 saturated carbocycles. The smallest absolute Gasteiger partial charge is 0.136 e. The van der Waals surface area contributed by atoms with E-state index in [-0.39, 0.29) is 0 Å². The second-order valence-electron chi connectivity index (χ2n) is 5.26. The van der Waals surface area contributed by atoms with E-state index < -0.39 is 0 Å². The molecule has 0 aliphatic carbocycles. The topological polar surface area (TPSA) is 49.8 Å². The van der Waals surface area contributed by atoms with E-state index in [2.05, 4.69) is 33.6 Å². The first-order valence-corrected chi connectivity index (χ1v) is 7.69. The Morgan fingerprint density at radius 1 is 0.826 bits per heavy atom. The number of halogens is 1. The average molecular weight is 325 g/mol. The van der Waals surface area contributed by atoms with Gasteiger partial charge in [-0.1, -0.05) is 35.9 Å². The SMILES string of the molecule is Cc1nc(Nc2cccc(Cl)c2)cc(Nc2ccccc2C)n1. The number of nitrogens with one attached hydrogen (secondary N) is 2. The zero-order valence-electron chi connectivity index (χ0n) is 13.0. The zero-order valence-corrected chi connectivity index (χ0v) is 13.7. The van der Waals surface area contributed by atoms with Crippen molar-refractivity contribution < 1.29 is 0 Å². The Morgan fingerprint density at radius 2 is 1.57 bits per heavy atom. The Kier molecular flexibility index (Phi) is 4.44. The molecule has 2 N–H and O–H groups in total. The van der Waals surface area contributed by atoms with E-state index in [4.69, 9.17) is 11.6 Å². The molecule has 0 unspecified atom stereocenters. The van der Waals surface area contributed by atoms with Crippen LogP contribution >= 0.6 is 11.6 Å². The lowest BCUT2D eigenvalue weighted by Gasteiger charge is -2.12. The summed E-state index contributed by atoms with van der Waals surface area (Å²) in [6.45, 7) is 3.92. The van der Waals surface area contributed by atoms with E-state index in [1.54, 1.807) is 0 Å². The summed E-state index contributed by atoms with van der Waals surface area (Å²) >= 11 is 6.01. The van der Waals surface area contributed by atoms with Crippen LogP contribution in [0.25, 0.3) is 0 Å². The van der Waals surface area contributed by atoms with Crippen molar-refractivity contribution in [2.45, 2.75) is 13.8 Å². The maximum atomic E-state index is 6.01. The predicted octanol–water partition coefficient (Wildman–Crippen LogP) is 5.23. The third-order valence-electron chi connectivity index (χ3n) is 3.34. The molecule has 23 heavy (non-hydrogen) atoms. The Labute approximate surface area is 140 Å². The van der Waals surface area contributed by atoms with Crippen LogP contribution < -0.4 is 10.6 Å². The van der Waals surface area contributed by atoms with E-state index >= 15 is 0 Å². The first kappa shape index (κ1) is 15.3. The molecule has 0 aliphatic rings. The van der Waals surface area contributed by atoms with Gasteiger partial charge in [0.2, 0.25) is 0 Å². The molecule has 5 heteroatoms. The number of anilines is 4. The molecule has 0 spiro atoms. The molecule has 116 valence electrons. The average Bonchev–Trinajstić information content (AvgIpc) is 2.49. The Bertz CT molecular complexity index is 833. The number of aryl methyl sites for hydroxylation is 2. The van der Waals surface area contributed by atoms with E-state index in [0.717, 1.165) is 28.6 Å². The molecule has 0 saturated heterocycles. The highest BCUT2D eigenvalue weighted by molar-refractivity contribution is 6.30. The molecule has 0 radical (unpaired) electrons. The first-order chi connectivity index (χ1) is 11.1. The van der Waals surface area contributed by atoms with Crippen molar-refractivity contribution in [3.8, 4) is 0 Å². The lowest BCUT2D eigenvalue weighted by Crippen LogP contribution is -2.02. The molecular weight excluding hydrogens is 308 g/mol. The molecule has 1 aromatic heterocycles. The zero-order chi connectivity index (χ0) is 16.2. The number of aromatic nitrogens is 2. The molecule has 0 fully saturated rings. The minimum Gasteiger partial charge on any atom is -0.340 e. The summed E-state index contributed by atoms with van der Waals surface area (Å²) in [5.74, 6) is 2.15. The maximum absolute atomic E-state index is 6.01. The van der Waals surface area contributed by atoms with Gasteiger partial charge in [0, 0.05) is 22.5 Å². The van der Waals surface area contributed by atoms with Crippen molar-refractivity contribution in [1.29, 1.82) is 0 Å². The number of para-hydroxylation sites is 1. The van der Waals surface area contributed by atoms with Crippen LogP contribution in [0, 0.1) is 13.8 Å². The van der Waals surface area contributed by atoms with Crippen molar-refractivity contribution in [2.24, 2.45) is 0 Å². The van der Waals surface area contributed by atoms with Crippen LogP contribution in [0.5, 0.6) is 0 Å². The van der Waals surface area contributed by atoms with E-state index in [1.807, 2.05) is 55.5 Å². The lowest BCUT2D eigenvalue weighted by atomic mass is 10.2. The van der Waals surface area contributed by atoms with Crippen molar-refractivity contribution in [2.75, 3.05) is 10.6 Å². The van der Waals surface area contributed by atoms with Gasteiger partial charge in [-0.3, -0.25) is 0 Å². The monoisotopic (exact) mass is 324 g/mol. The molecule has 4 nitrogen and oxygen atoms in total. The summed E-state index contributed by atoms with van der Waals surface area (Å²) < 4.78 is 0. The molecular formula is C18H17ClN4. The van der Waals surface area contributed by atoms with Gasteiger partial charge in [0.05, 0.1) is 0 Å². The molecule has 1 heterocycles. The van der Waals surface area contributed by atoms with Gasteiger partial charge in [-0.2, -0.15) is 0 Å². The standard InChI is InChI=1S/C18H17ClN4/c1-12-6-3-4-9-16(12)23-18-11-17(20-13(2)21-18)22-15-8-5-7-14(19)10-15/h3-11H,1-2H3,(H2,20,21,22,23). The largest absolute Gasteiger partial charge is 0.340 e. The van der Waals surface area contributed by atoms with E-state index in [1.165, 1.54) is 0 Å². The van der Waals surface area contributed by atoms with Gasteiger partial charge in [-0.25, -0.2) is 9.97 Å². The highest BCUT2D eigenvalue weighted by Crippen LogP contribution is 2.23. The maximum Gasteiger partial charge on any atom is 0.136 e. The van der Waals surface area contributed by atoms with Gasteiger partial charge in [-0.15, -0.1) is 0 Å². The van der Waals surface area contributed by atoms with Crippen molar-refractivity contribution in [3.05, 3.63) is 71.0 Å². The summed E-state index contributed by atoms with van der Waals surface area (Å²) in [6, 6.07) is 17.5. The fourth-order valence-electron chi connectivity index (χ4n) is 2.26. The van der Waals surface area contributed by atoms with Crippen LogP contribution in [-0.2, 0) is 0 Å². The van der Waals surface area contributed by atoms with Gasteiger partial charge >= 0.3 is 0 Å². The Morgan fingerprint density at radius 3 is 2.30 bits per heavy atom. The summed E-state index contributed by atoms with van der Waals surface area (Å²) in [5.41, 5.74) is 3.07. The number of nitrogens with zero attached hydrogens (tertiary/aromatic N) is 2. The Balaban J connectivity index is 1.86. The highest BCUT2D eigenvalue weighted by atomic mass is 35.5. The third kappa shape index (κ3) is 3.99. The van der Waals surface area contributed by atoms with Crippen LogP contribution in [0.1, 0.15) is 11.4 Å². The number of rotatable bonds is 4.